The van der Waals surface area contributed by atoms with Gasteiger partial charge in [0.2, 0.25) is 11.8 Å². The summed E-state index contributed by atoms with van der Waals surface area (Å²) in [7, 11) is 0. The first-order valence-electron chi connectivity index (χ1n) is 13.1. The number of fused-ring (bicyclic) bond motifs is 8. The number of imide groups is 1. The van der Waals surface area contributed by atoms with Crippen molar-refractivity contribution in [2.45, 2.75) is 32.4 Å². The van der Waals surface area contributed by atoms with Crippen LogP contribution in [0.1, 0.15) is 42.5 Å². The Kier molecular flexibility index (Phi) is 4.88. The number of Topliss-reactive ketones (excluding diaryl/α,β-unsaturated/α-hetero) is 1. The molecule has 39 heavy (non-hydrogen) atoms. The first-order chi connectivity index (χ1) is 18.8. The number of aromatic nitrogens is 2. The van der Waals surface area contributed by atoms with Gasteiger partial charge in [0.05, 0.1) is 34.1 Å². The summed E-state index contributed by atoms with van der Waals surface area (Å²) in [6.07, 6.45) is 0. The van der Waals surface area contributed by atoms with Gasteiger partial charge in [-0.1, -0.05) is 44.2 Å². The number of benzene rings is 3. The first-order valence-corrected chi connectivity index (χ1v) is 13.1. The van der Waals surface area contributed by atoms with Crippen LogP contribution >= 0.6 is 0 Å². The molecule has 2 amide bonds. The molecule has 0 aliphatic carbocycles. The molecule has 0 saturated carbocycles. The number of carbonyl (C=O) groups is 3. The summed E-state index contributed by atoms with van der Waals surface area (Å²) in [6, 6.07) is 20.9. The van der Waals surface area contributed by atoms with Crippen LogP contribution in [-0.4, -0.2) is 33.2 Å². The van der Waals surface area contributed by atoms with Crippen LogP contribution in [0.15, 0.2) is 77.6 Å². The number of amides is 2. The van der Waals surface area contributed by atoms with Gasteiger partial charge in [0, 0.05) is 17.2 Å². The highest BCUT2D eigenvalue weighted by atomic mass is 16.2. The van der Waals surface area contributed by atoms with Crippen LogP contribution in [0.4, 0.5) is 5.69 Å². The van der Waals surface area contributed by atoms with Gasteiger partial charge in [0.15, 0.2) is 5.78 Å². The highest BCUT2D eigenvalue weighted by Gasteiger charge is 2.70. The summed E-state index contributed by atoms with van der Waals surface area (Å²) < 4.78 is 1.60. The van der Waals surface area contributed by atoms with Crippen molar-refractivity contribution in [2.75, 3.05) is 4.90 Å². The van der Waals surface area contributed by atoms with Crippen molar-refractivity contribution >= 4 is 34.2 Å². The molecular weight excluding hydrogens is 492 g/mol. The maximum Gasteiger partial charge on any atom is 0.266 e. The van der Waals surface area contributed by atoms with Gasteiger partial charge in [-0.2, -0.15) is 0 Å². The van der Waals surface area contributed by atoms with Crippen molar-refractivity contribution in [1.29, 1.82) is 0 Å². The molecule has 7 rings (SSSR count). The molecule has 0 radical (unpaired) electrons. The van der Waals surface area contributed by atoms with Crippen LogP contribution in [0.25, 0.3) is 16.6 Å². The lowest BCUT2D eigenvalue weighted by molar-refractivity contribution is -0.123. The zero-order valence-electron chi connectivity index (χ0n) is 21.7. The molecule has 194 valence electrons. The predicted molar refractivity (Wildman–Crippen MR) is 146 cm³/mol. The van der Waals surface area contributed by atoms with Crippen molar-refractivity contribution < 1.29 is 14.4 Å². The van der Waals surface area contributed by atoms with Crippen molar-refractivity contribution in [1.82, 2.24) is 14.9 Å². The number of nitrogens with zero attached hydrogens (tertiary/aromatic N) is 3. The van der Waals surface area contributed by atoms with E-state index in [1.807, 2.05) is 50.2 Å². The fourth-order valence-corrected chi connectivity index (χ4v) is 6.82. The van der Waals surface area contributed by atoms with Gasteiger partial charge >= 0.3 is 0 Å². The molecule has 2 saturated heterocycles. The smallest absolute Gasteiger partial charge is 0.266 e. The molecule has 3 aliphatic rings. The Morgan fingerprint density at radius 3 is 2.33 bits per heavy atom. The van der Waals surface area contributed by atoms with Gasteiger partial charge in [-0.25, -0.2) is 9.88 Å². The second kappa shape index (κ2) is 8.04. The number of hydrogen-bond donors (Lipinski definition) is 1. The van der Waals surface area contributed by atoms with Crippen LogP contribution in [0.2, 0.25) is 0 Å². The number of carbonyl (C=O) groups excluding carboxylic acids is 3. The maximum absolute atomic E-state index is 14.4. The largest absolute Gasteiger partial charge is 0.296 e. The number of anilines is 1. The van der Waals surface area contributed by atoms with E-state index in [0.717, 1.165) is 5.56 Å². The Morgan fingerprint density at radius 2 is 1.62 bits per heavy atom. The van der Waals surface area contributed by atoms with E-state index in [-0.39, 0.29) is 35.1 Å². The lowest BCUT2D eigenvalue weighted by Crippen LogP contribution is -2.51. The lowest BCUT2D eigenvalue weighted by Gasteiger charge is -2.32. The third-order valence-electron chi connectivity index (χ3n) is 8.55. The molecule has 4 aromatic rings. The molecule has 0 bridgehead atoms. The van der Waals surface area contributed by atoms with Crippen LogP contribution in [0.3, 0.4) is 0 Å². The molecular formula is C31H26N4O4. The zero-order chi connectivity index (χ0) is 27.2. The van der Waals surface area contributed by atoms with E-state index in [1.165, 1.54) is 11.8 Å². The predicted octanol–water partition coefficient (Wildman–Crippen LogP) is 3.58. The molecule has 1 N–H and O–H groups in total. The number of hydrogen-bond acceptors (Lipinski definition) is 6. The van der Waals surface area contributed by atoms with Crippen LogP contribution in [0.5, 0.6) is 0 Å². The average molecular weight is 519 g/mol. The topological polar surface area (TPSA) is 101 Å². The third kappa shape index (κ3) is 2.95. The minimum absolute atomic E-state index is 0.0158. The second-order valence-corrected chi connectivity index (χ2v) is 11.0. The van der Waals surface area contributed by atoms with E-state index in [1.54, 1.807) is 41.0 Å². The van der Waals surface area contributed by atoms with Crippen LogP contribution < -0.4 is 15.8 Å². The van der Waals surface area contributed by atoms with E-state index < -0.39 is 17.4 Å². The normalized spacial score (nSPS) is 25.0. The molecule has 0 unspecified atom stereocenters. The third-order valence-corrected chi connectivity index (χ3v) is 8.55. The molecule has 8 nitrogen and oxygen atoms in total. The molecule has 4 atom stereocenters. The second-order valence-electron chi connectivity index (χ2n) is 11.0. The van der Waals surface area contributed by atoms with Crippen molar-refractivity contribution in [3.63, 3.8) is 0 Å². The van der Waals surface area contributed by atoms with Gasteiger partial charge in [-0.15, -0.1) is 0 Å². The fraction of sp³-hybridized carbons (Fsp3) is 0.258. The Morgan fingerprint density at radius 1 is 0.923 bits per heavy atom. The number of nitrogens with one attached hydrogen (secondary N) is 1. The van der Waals surface area contributed by atoms with Crippen molar-refractivity contribution in [3.05, 3.63) is 100 Å². The number of para-hydroxylation sites is 2. The minimum atomic E-state index is -1.17. The SMILES string of the molecule is CC(=O)c1ccc(N2C(=O)[C@@H]3[C@H](C(C)C)N[C@]4(c5ccccc5-n5c4nc4ccccc4c5=O)[C@H]3C2=O)cc1. The fourth-order valence-electron chi connectivity index (χ4n) is 6.82. The minimum Gasteiger partial charge on any atom is -0.296 e. The quantitative estimate of drug-likeness (QED) is 0.329. The summed E-state index contributed by atoms with van der Waals surface area (Å²) in [4.78, 5) is 60.4. The molecule has 1 spiro atoms. The van der Waals surface area contributed by atoms with E-state index >= 15 is 0 Å². The highest BCUT2D eigenvalue weighted by Crippen LogP contribution is 2.56. The molecule has 8 heteroatoms. The molecule has 1 aromatic heterocycles. The lowest BCUT2D eigenvalue weighted by atomic mass is 9.75. The summed E-state index contributed by atoms with van der Waals surface area (Å²) in [5, 5.41) is 4.18. The van der Waals surface area contributed by atoms with Gasteiger partial charge in [0.25, 0.3) is 5.56 Å². The summed E-state index contributed by atoms with van der Waals surface area (Å²) in [6.45, 7) is 5.52. The van der Waals surface area contributed by atoms with Crippen molar-refractivity contribution in [3.8, 4) is 5.69 Å². The van der Waals surface area contributed by atoms with E-state index in [2.05, 4.69) is 5.32 Å². The van der Waals surface area contributed by atoms with Crippen LogP contribution in [0, 0.1) is 17.8 Å². The Bertz CT molecular complexity index is 1790. The zero-order valence-corrected chi connectivity index (χ0v) is 21.7. The first kappa shape index (κ1) is 23.7. The Labute approximate surface area is 224 Å². The molecule has 2 fully saturated rings. The van der Waals surface area contributed by atoms with E-state index in [4.69, 9.17) is 4.98 Å². The monoisotopic (exact) mass is 518 g/mol. The summed E-state index contributed by atoms with van der Waals surface area (Å²) in [5.74, 6) is -1.75. The van der Waals surface area contributed by atoms with Gasteiger partial charge in [0.1, 0.15) is 11.4 Å². The molecule has 4 heterocycles. The molecule has 3 aromatic carbocycles. The summed E-state index contributed by atoms with van der Waals surface area (Å²) in [5.41, 5.74) is 1.53. The van der Waals surface area contributed by atoms with Gasteiger partial charge in [-0.3, -0.25) is 29.1 Å². The van der Waals surface area contributed by atoms with E-state index in [0.29, 0.717) is 33.7 Å². The highest BCUT2D eigenvalue weighted by molar-refractivity contribution is 6.23. The van der Waals surface area contributed by atoms with Crippen molar-refractivity contribution in [2.24, 2.45) is 17.8 Å². The summed E-state index contributed by atoms with van der Waals surface area (Å²) >= 11 is 0. The standard InChI is InChI=1S/C31H26N4O4/c1-16(2)26-24-25(29(39)34(28(24)38)19-14-12-18(13-15-19)17(3)36)31(33-26)21-9-5-7-11-23(21)35-27(37)20-8-4-6-10-22(20)32-30(31)35/h4-16,24-26,33H,1-3H3/t24-,25+,26-,31+/m0/s1. The van der Waals surface area contributed by atoms with Gasteiger partial charge < -0.3 is 0 Å². The molecule has 3 aliphatic heterocycles. The average Bonchev–Trinajstić information content (AvgIpc) is 3.52. The maximum atomic E-state index is 14.4. The number of rotatable bonds is 3. The van der Waals surface area contributed by atoms with Crippen LogP contribution in [-0.2, 0) is 15.1 Å². The Balaban J connectivity index is 1.49. The van der Waals surface area contributed by atoms with Gasteiger partial charge in [-0.05, 0) is 55.3 Å². The Hall–Kier alpha value is -4.43. The van der Waals surface area contributed by atoms with E-state index in [9.17, 15) is 19.2 Å². The number of ketones is 1.